The second-order valence-corrected chi connectivity index (χ2v) is 9.60. The molecule has 2 aromatic heterocycles. The fraction of sp³-hybridized carbons (Fsp3) is 0.241. The van der Waals surface area contributed by atoms with Crippen LogP contribution in [0.25, 0.3) is 22.3 Å². The van der Waals surface area contributed by atoms with Crippen molar-refractivity contribution in [3.05, 3.63) is 92.8 Å². The molecule has 0 spiro atoms. The summed E-state index contributed by atoms with van der Waals surface area (Å²) in [6.07, 6.45) is 0.877. The number of cyclic esters (lactones) is 1. The van der Waals surface area contributed by atoms with Crippen LogP contribution >= 0.6 is 0 Å². The molecule has 0 fully saturated rings. The number of hydrogen-bond acceptors (Lipinski definition) is 7. The van der Waals surface area contributed by atoms with Gasteiger partial charge >= 0.3 is 5.97 Å². The van der Waals surface area contributed by atoms with Gasteiger partial charge in [0.15, 0.2) is 11.4 Å². The number of nitrogen functional groups attached to an aromatic ring is 1. The first-order valence-corrected chi connectivity index (χ1v) is 12.3. The van der Waals surface area contributed by atoms with Crippen molar-refractivity contribution >= 4 is 28.3 Å². The maximum Gasteiger partial charge on any atom is 0.343 e. The van der Waals surface area contributed by atoms with Gasteiger partial charge in [0, 0.05) is 34.2 Å². The average Bonchev–Trinajstić information content (AvgIpc) is 3.28. The van der Waals surface area contributed by atoms with E-state index in [0.717, 1.165) is 16.5 Å². The lowest BCUT2D eigenvalue weighted by atomic mass is 9.86. The normalized spacial score (nSPS) is 17.7. The van der Waals surface area contributed by atoms with Crippen LogP contribution in [0.1, 0.15) is 52.4 Å². The first-order valence-electron chi connectivity index (χ1n) is 12.3. The molecule has 4 aromatic rings. The number of nitrogens with two attached hydrogens (primary N) is 1. The molecule has 0 aliphatic carbocycles. The number of rotatable bonds is 5. The SMILES string of the molecule is CC[C@@]1(O)C(=O)OCc2c1cc1n(c2=O)Cc2cc3c(N)ccc(CCC(=O)c4ccccc4)c3nc2-1. The molecule has 3 N–H and O–H groups in total. The monoisotopic (exact) mass is 495 g/mol. The minimum absolute atomic E-state index is 0.0426. The first kappa shape index (κ1) is 23.1. The molecule has 37 heavy (non-hydrogen) atoms. The smallest absolute Gasteiger partial charge is 0.343 e. The molecular formula is C29H25N3O5. The van der Waals surface area contributed by atoms with Gasteiger partial charge in [-0.15, -0.1) is 0 Å². The summed E-state index contributed by atoms with van der Waals surface area (Å²) in [5.41, 5.74) is 9.41. The van der Waals surface area contributed by atoms with E-state index < -0.39 is 11.6 Å². The number of ether oxygens (including phenoxy) is 1. The number of benzene rings is 2. The molecule has 2 aliphatic rings. The number of ketones is 1. The van der Waals surface area contributed by atoms with E-state index in [1.165, 1.54) is 0 Å². The number of hydrogen-bond donors (Lipinski definition) is 2. The van der Waals surface area contributed by atoms with Crippen molar-refractivity contribution < 1.29 is 19.4 Å². The standard InChI is InChI=1S/C29H25N3O5/c1-2-29(36)21-13-23-26-18(14-32(23)27(34)20(21)15-37-28(29)35)12-19-22(30)10-8-17(25(19)31-26)9-11-24(33)16-6-4-3-5-7-16/h3-8,10,12-13,36H,2,9,11,14-15,30H2,1H3/t29-/m0/s1. The van der Waals surface area contributed by atoms with Crippen LogP contribution in [0, 0.1) is 0 Å². The lowest BCUT2D eigenvalue weighted by Crippen LogP contribution is -2.44. The van der Waals surface area contributed by atoms with Gasteiger partial charge in [0.05, 0.1) is 29.0 Å². The molecule has 8 nitrogen and oxygen atoms in total. The Morgan fingerprint density at radius 1 is 1.16 bits per heavy atom. The molecule has 186 valence electrons. The fourth-order valence-corrected chi connectivity index (χ4v) is 5.36. The van der Waals surface area contributed by atoms with Crippen molar-refractivity contribution in [1.82, 2.24) is 9.55 Å². The molecule has 0 radical (unpaired) electrons. The van der Waals surface area contributed by atoms with Crippen molar-refractivity contribution in [2.75, 3.05) is 5.73 Å². The van der Waals surface area contributed by atoms with Crippen molar-refractivity contribution in [3.63, 3.8) is 0 Å². The van der Waals surface area contributed by atoms with E-state index in [2.05, 4.69) is 0 Å². The summed E-state index contributed by atoms with van der Waals surface area (Å²) >= 11 is 0. The van der Waals surface area contributed by atoms with E-state index in [1.807, 2.05) is 36.4 Å². The lowest BCUT2D eigenvalue weighted by molar-refractivity contribution is -0.172. The van der Waals surface area contributed by atoms with Crippen LogP contribution in [0.2, 0.25) is 0 Å². The van der Waals surface area contributed by atoms with Crippen LogP contribution in [0.15, 0.2) is 59.4 Å². The number of anilines is 1. The van der Waals surface area contributed by atoms with Gasteiger partial charge in [-0.3, -0.25) is 9.59 Å². The van der Waals surface area contributed by atoms with Gasteiger partial charge in [0.2, 0.25) is 0 Å². The number of aromatic nitrogens is 2. The summed E-state index contributed by atoms with van der Waals surface area (Å²) in [6, 6.07) is 16.5. The summed E-state index contributed by atoms with van der Waals surface area (Å²) in [6.45, 7) is 1.80. The van der Waals surface area contributed by atoms with Crippen LogP contribution in [-0.4, -0.2) is 26.4 Å². The summed E-state index contributed by atoms with van der Waals surface area (Å²) in [5.74, 6) is -0.712. The summed E-state index contributed by atoms with van der Waals surface area (Å²) in [7, 11) is 0. The fourth-order valence-electron chi connectivity index (χ4n) is 5.36. The molecule has 0 saturated carbocycles. The van der Waals surface area contributed by atoms with Gasteiger partial charge in [0.1, 0.15) is 6.61 Å². The predicted molar refractivity (Wildman–Crippen MR) is 138 cm³/mol. The summed E-state index contributed by atoms with van der Waals surface area (Å²) < 4.78 is 6.74. The molecule has 0 amide bonds. The zero-order valence-electron chi connectivity index (χ0n) is 20.3. The lowest BCUT2D eigenvalue weighted by Gasteiger charge is -2.31. The summed E-state index contributed by atoms with van der Waals surface area (Å²) in [4.78, 5) is 43.5. The highest BCUT2D eigenvalue weighted by Gasteiger charge is 2.45. The number of Topliss-reactive ketones (excluding diaryl/α,β-unsaturated/α-hetero) is 1. The number of carbonyl (C=O) groups excluding carboxylic acids is 2. The van der Waals surface area contributed by atoms with Gasteiger partial charge in [-0.25, -0.2) is 9.78 Å². The van der Waals surface area contributed by atoms with Gasteiger partial charge in [-0.2, -0.15) is 0 Å². The number of pyridine rings is 2. The molecular weight excluding hydrogens is 470 g/mol. The maximum atomic E-state index is 13.4. The number of aryl methyl sites for hydroxylation is 1. The van der Waals surface area contributed by atoms with Crippen molar-refractivity contribution in [2.24, 2.45) is 0 Å². The molecule has 0 unspecified atom stereocenters. The van der Waals surface area contributed by atoms with Gasteiger partial charge in [-0.05, 0) is 36.6 Å². The third-order valence-electron chi connectivity index (χ3n) is 7.51. The third-order valence-corrected chi connectivity index (χ3v) is 7.51. The minimum atomic E-state index is -1.88. The predicted octanol–water partition coefficient (Wildman–Crippen LogP) is 3.48. The van der Waals surface area contributed by atoms with Crippen LogP contribution in [0.5, 0.6) is 0 Å². The van der Waals surface area contributed by atoms with Gasteiger partial charge in [-0.1, -0.05) is 43.3 Å². The summed E-state index contributed by atoms with van der Waals surface area (Å²) in [5, 5.41) is 11.8. The first-order chi connectivity index (χ1) is 17.8. The third kappa shape index (κ3) is 3.48. The van der Waals surface area contributed by atoms with E-state index in [1.54, 1.807) is 29.7 Å². The molecule has 8 heteroatoms. The van der Waals surface area contributed by atoms with E-state index >= 15 is 0 Å². The highest BCUT2D eigenvalue weighted by atomic mass is 16.6. The Balaban J connectivity index is 1.46. The number of fused-ring (bicyclic) bond motifs is 5. The number of carbonyl (C=O) groups is 2. The number of nitrogens with zero attached hydrogens (tertiary/aromatic N) is 2. The van der Waals surface area contributed by atoms with Gasteiger partial charge in [0.25, 0.3) is 5.56 Å². The Morgan fingerprint density at radius 2 is 1.95 bits per heavy atom. The molecule has 2 aromatic carbocycles. The Kier molecular flexibility index (Phi) is 5.24. The van der Waals surface area contributed by atoms with Crippen LogP contribution in [-0.2, 0) is 34.7 Å². The second-order valence-electron chi connectivity index (χ2n) is 9.60. The van der Waals surface area contributed by atoms with Crippen molar-refractivity contribution in [2.45, 2.75) is 44.9 Å². The van der Waals surface area contributed by atoms with Crippen LogP contribution in [0.4, 0.5) is 5.69 Å². The molecule has 0 bridgehead atoms. The zero-order valence-corrected chi connectivity index (χ0v) is 20.3. The molecule has 4 heterocycles. The second kappa shape index (κ2) is 8.38. The Bertz CT molecular complexity index is 1680. The molecule has 1 atom stereocenters. The maximum absolute atomic E-state index is 13.4. The largest absolute Gasteiger partial charge is 0.458 e. The van der Waals surface area contributed by atoms with E-state index in [-0.39, 0.29) is 35.5 Å². The van der Waals surface area contributed by atoms with Crippen molar-refractivity contribution in [1.29, 1.82) is 0 Å². The highest BCUT2D eigenvalue weighted by molar-refractivity contribution is 5.98. The zero-order chi connectivity index (χ0) is 25.9. The van der Waals surface area contributed by atoms with E-state index in [4.69, 9.17) is 15.5 Å². The van der Waals surface area contributed by atoms with E-state index in [9.17, 15) is 19.5 Å². The number of aliphatic hydroxyl groups is 1. The van der Waals surface area contributed by atoms with Crippen LogP contribution < -0.4 is 11.3 Å². The molecule has 2 aliphatic heterocycles. The van der Waals surface area contributed by atoms with Crippen molar-refractivity contribution in [3.8, 4) is 11.4 Å². The van der Waals surface area contributed by atoms with Crippen LogP contribution in [0.3, 0.4) is 0 Å². The molecule has 6 rings (SSSR count). The minimum Gasteiger partial charge on any atom is -0.458 e. The highest BCUT2D eigenvalue weighted by Crippen LogP contribution is 2.39. The molecule has 0 saturated heterocycles. The Morgan fingerprint density at radius 3 is 2.70 bits per heavy atom. The number of esters is 1. The quantitative estimate of drug-likeness (QED) is 0.217. The van der Waals surface area contributed by atoms with E-state index in [0.29, 0.717) is 47.5 Å². The Labute approximate surface area is 212 Å². The Hall–Kier alpha value is -4.30. The topological polar surface area (TPSA) is 125 Å². The van der Waals surface area contributed by atoms with Gasteiger partial charge < -0.3 is 20.1 Å². The average molecular weight is 496 g/mol.